The molecule has 2 fully saturated rings. The maximum Gasteiger partial charge on any atom is 0.223 e. The molecule has 1 amide bonds. The lowest BCUT2D eigenvalue weighted by Crippen LogP contribution is -2.53. The van der Waals surface area contributed by atoms with Crippen molar-refractivity contribution in [1.82, 2.24) is 9.80 Å². The van der Waals surface area contributed by atoms with E-state index in [1.165, 1.54) is 5.56 Å². The maximum absolute atomic E-state index is 12.7. The van der Waals surface area contributed by atoms with Crippen LogP contribution in [0.25, 0.3) is 0 Å². The first kappa shape index (κ1) is 17.4. The van der Waals surface area contributed by atoms with Gasteiger partial charge in [0.15, 0.2) is 0 Å². The molecule has 132 valence electrons. The SMILES string of the molecule is CC[C@H](CC(=O)N1CCN([C@H]2CCC[C@@H]2O)CC1)c1ccccc1. The standard InChI is InChI=1S/C20H30N2O2/c1-2-16(17-7-4-3-5-8-17)15-20(24)22-13-11-21(12-14-22)18-9-6-10-19(18)23/h3-5,7-8,16,18-19,23H,2,6,9-15H2,1H3/t16-,18+,19+/m1/s1. The molecule has 1 saturated heterocycles. The van der Waals surface area contributed by atoms with Crippen molar-refractivity contribution in [2.24, 2.45) is 0 Å². The van der Waals surface area contributed by atoms with Gasteiger partial charge in [-0.15, -0.1) is 0 Å². The van der Waals surface area contributed by atoms with Crippen molar-refractivity contribution in [3.63, 3.8) is 0 Å². The predicted octanol–water partition coefficient (Wildman–Crippen LogP) is 2.63. The van der Waals surface area contributed by atoms with Gasteiger partial charge < -0.3 is 10.0 Å². The summed E-state index contributed by atoms with van der Waals surface area (Å²) < 4.78 is 0. The molecule has 0 radical (unpaired) electrons. The summed E-state index contributed by atoms with van der Waals surface area (Å²) in [6.45, 7) is 5.55. The van der Waals surface area contributed by atoms with Gasteiger partial charge in [-0.05, 0) is 37.2 Å². The highest BCUT2D eigenvalue weighted by molar-refractivity contribution is 5.77. The van der Waals surface area contributed by atoms with Crippen molar-refractivity contribution < 1.29 is 9.90 Å². The number of amides is 1. The summed E-state index contributed by atoms with van der Waals surface area (Å²) in [5.74, 6) is 0.589. The van der Waals surface area contributed by atoms with Crippen molar-refractivity contribution in [2.45, 2.75) is 57.1 Å². The summed E-state index contributed by atoms with van der Waals surface area (Å²) in [6, 6.07) is 10.7. The summed E-state index contributed by atoms with van der Waals surface area (Å²) in [5, 5.41) is 10.1. The van der Waals surface area contributed by atoms with Crippen molar-refractivity contribution in [3.8, 4) is 0 Å². The Morgan fingerprint density at radius 1 is 1.17 bits per heavy atom. The molecule has 0 unspecified atom stereocenters. The maximum atomic E-state index is 12.7. The van der Waals surface area contributed by atoms with Gasteiger partial charge in [0.25, 0.3) is 0 Å². The second-order valence-corrected chi connectivity index (χ2v) is 7.20. The molecule has 2 aliphatic rings. The van der Waals surface area contributed by atoms with Crippen molar-refractivity contribution in [1.29, 1.82) is 0 Å². The molecular formula is C20H30N2O2. The summed E-state index contributed by atoms with van der Waals surface area (Å²) in [4.78, 5) is 17.1. The molecule has 1 aromatic rings. The average Bonchev–Trinajstić information content (AvgIpc) is 3.06. The van der Waals surface area contributed by atoms with Crippen LogP contribution in [0.3, 0.4) is 0 Å². The quantitative estimate of drug-likeness (QED) is 0.902. The van der Waals surface area contributed by atoms with E-state index in [4.69, 9.17) is 0 Å². The molecule has 3 rings (SSSR count). The van der Waals surface area contributed by atoms with E-state index in [2.05, 4.69) is 24.0 Å². The minimum atomic E-state index is -0.171. The fourth-order valence-electron chi connectivity index (χ4n) is 4.21. The molecule has 1 aliphatic carbocycles. The normalized spacial score (nSPS) is 26.5. The number of hydrogen-bond donors (Lipinski definition) is 1. The summed E-state index contributed by atoms with van der Waals surface area (Å²) in [6.07, 6.45) is 4.58. The van der Waals surface area contributed by atoms with Gasteiger partial charge in [0, 0.05) is 38.6 Å². The van der Waals surface area contributed by atoms with Crippen molar-refractivity contribution in [2.75, 3.05) is 26.2 Å². The molecule has 0 bridgehead atoms. The van der Waals surface area contributed by atoms with Crippen LogP contribution in [0.5, 0.6) is 0 Å². The van der Waals surface area contributed by atoms with E-state index in [1.54, 1.807) is 0 Å². The molecule has 4 nitrogen and oxygen atoms in total. The van der Waals surface area contributed by atoms with Crippen LogP contribution in [0, 0.1) is 0 Å². The Morgan fingerprint density at radius 3 is 2.46 bits per heavy atom. The monoisotopic (exact) mass is 330 g/mol. The minimum absolute atomic E-state index is 0.171. The molecule has 1 N–H and O–H groups in total. The van der Waals surface area contributed by atoms with Crippen LogP contribution in [-0.4, -0.2) is 59.1 Å². The summed E-state index contributed by atoms with van der Waals surface area (Å²) >= 11 is 0. The molecule has 4 heteroatoms. The fraction of sp³-hybridized carbons (Fsp3) is 0.650. The number of hydrogen-bond acceptors (Lipinski definition) is 3. The van der Waals surface area contributed by atoms with E-state index in [0.717, 1.165) is 51.9 Å². The molecule has 1 aromatic carbocycles. The third-order valence-corrected chi connectivity index (χ3v) is 5.76. The lowest BCUT2D eigenvalue weighted by Gasteiger charge is -2.39. The van der Waals surface area contributed by atoms with Crippen LogP contribution < -0.4 is 0 Å². The smallest absolute Gasteiger partial charge is 0.223 e. The predicted molar refractivity (Wildman–Crippen MR) is 95.9 cm³/mol. The third kappa shape index (κ3) is 3.98. The summed E-state index contributed by atoms with van der Waals surface area (Å²) in [5.41, 5.74) is 1.26. The lowest BCUT2D eigenvalue weighted by molar-refractivity contribution is -0.134. The minimum Gasteiger partial charge on any atom is -0.391 e. The van der Waals surface area contributed by atoms with Gasteiger partial charge in [-0.3, -0.25) is 9.69 Å². The van der Waals surface area contributed by atoms with Crippen LogP contribution in [0.2, 0.25) is 0 Å². The largest absolute Gasteiger partial charge is 0.391 e. The molecule has 0 spiro atoms. The Balaban J connectivity index is 1.51. The Labute approximate surface area is 145 Å². The third-order valence-electron chi connectivity index (χ3n) is 5.76. The first-order valence-corrected chi connectivity index (χ1v) is 9.44. The highest BCUT2D eigenvalue weighted by Gasteiger charge is 2.33. The van der Waals surface area contributed by atoms with Gasteiger partial charge in [-0.2, -0.15) is 0 Å². The second kappa shape index (κ2) is 8.13. The number of aliphatic hydroxyl groups excluding tert-OH is 1. The molecule has 1 heterocycles. The molecule has 0 aromatic heterocycles. The van der Waals surface area contributed by atoms with Gasteiger partial charge in [0.1, 0.15) is 0 Å². The number of carbonyl (C=O) groups excluding carboxylic acids is 1. The van der Waals surface area contributed by atoms with Crippen LogP contribution in [0.15, 0.2) is 30.3 Å². The molecule has 24 heavy (non-hydrogen) atoms. The van der Waals surface area contributed by atoms with E-state index in [1.807, 2.05) is 23.1 Å². The van der Waals surface area contributed by atoms with E-state index in [0.29, 0.717) is 18.4 Å². The topological polar surface area (TPSA) is 43.8 Å². The molecule has 1 aliphatic heterocycles. The van der Waals surface area contributed by atoms with E-state index in [-0.39, 0.29) is 12.0 Å². The second-order valence-electron chi connectivity index (χ2n) is 7.20. The highest BCUT2D eigenvalue weighted by Crippen LogP contribution is 2.27. The molecule has 3 atom stereocenters. The first-order chi connectivity index (χ1) is 11.7. The highest BCUT2D eigenvalue weighted by atomic mass is 16.3. The van der Waals surface area contributed by atoms with Gasteiger partial charge in [-0.1, -0.05) is 37.3 Å². The van der Waals surface area contributed by atoms with E-state index < -0.39 is 0 Å². The van der Waals surface area contributed by atoms with Crippen LogP contribution in [0.1, 0.15) is 50.5 Å². The Bertz CT molecular complexity index is 526. The van der Waals surface area contributed by atoms with Gasteiger partial charge >= 0.3 is 0 Å². The van der Waals surface area contributed by atoms with Crippen LogP contribution >= 0.6 is 0 Å². The van der Waals surface area contributed by atoms with Gasteiger partial charge in [-0.25, -0.2) is 0 Å². The lowest BCUT2D eigenvalue weighted by atomic mass is 9.92. The Hall–Kier alpha value is -1.39. The molecular weight excluding hydrogens is 300 g/mol. The number of aliphatic hydroxyl groups is 1. The number of rotatable bonds is 5. The number of nitrogens with zero attached hydrogens (tertiary/aromatic N) is 2. The van der Waals surface area contributed by atoms with Crippen LogP contribution in [0.4, 0.5) is 0 Å². The fourth-order valence-corrected chi connectivity index (χ4v) is 4.21. The zero-order chi connectivity index (χ0) is 16.9. The zero-order valence-electron chi connectivity index (χ0n) is 14.7. The number of piperazine rings is 1. The Morgan fingerprint density at radius 2 is 1.88 bits per heavy atom. The van der Waals surface area contributed by atoms with E-state index >= 15 is 0 Å². The first-order valence-electron chi connectivity index (χ1n) is 9.44. The van der Waals surface area contributed by atoms with Crippen molar-refractivity contribution in [3.05, 3.63) is 35.9 Å². The zero-order valence-corrected chi connectivity index (χ0v) is 14.7. The van der Waals surface area contributed by atoms with Crippen molar-refractivity contribution >= 4 is 5.91 Å². The summed E-state index contributed by atoms with van der Waals surface area (Å²) in [7, 11) is 0. The van der Waals surface area contributed by atoms with Gasteiger partial charge in [0.05, 0.1) is 6.10 Å². The van der Waals surface area contributed by atoms with E-state index in [9.17, 15) is 9.90 Å². The Kier molecular flexibility index (Phi) is 5.90. The average molecular weight is 330 g/mol. The number of benzene rings is 1. The molecule has 1 saturated carbocycles. The van der Waals surface area contributed by atoms with Crippen LogP contribution in [-0.2, 0) is 4.79 Å². The van der Waals surface area contributed by atoms with Gasteiger partial charge in [0.2, 0.25) is 5.91 Å². The number of carbonyl (C=O) groups is 1.